The molecule has 2 aromatic heterocycles. The number of benzene rings is 4. The number of aliphatic hydroxyl groups excluding tert-OH is 2. The van der Waals surface area contributed by atoms with Crippen molar-refractivity contribution in [3.05, 3.63) is 131 Å². The van der Waals surface area contributed by atoms with Crippen molar-refractivity contribution in [2.24, 2.45) is 5.73 Å². The monoisotopic (exact) mass is 792 g/mol. The number of hydrogen-bond acceptors (Lipinski definition) is 13. The third kappa shape index (κ3) is 9.17. The minimum absolute atomic E-state index is 0.0575. The van der Waals surface area contributed by atoms with Crippen LogP contribution < -0.4 is 30.4 Å². The zero-order valence-corrected chi connectivity index (χ0v) is 33.6. The van der Waals surface area contributed by atoms with Crippen LogP contribution in [-0.4, -0.2) is 96.2 Å². The molecule has 0 saturated carbocycles. The number of anilines is 1. The van der Waals surface area contributed by atoms with Crippen LogP contribution in [0, 0.1) is 13.8 Å². The molecule has 0 radical (unpaired) electrons. The summed E-state index contributed by atoms with van der Waals surface area (Å²) in [6.07, 6.45) is -1.30. The van der Waals surface area contributed by atoms with Crippen molar-refractivity contribution in [3.63, 3.8) is 0 Å². The fourth-order valence-electron chi connectivity index (χ4n) is 7.28. The van der Waals surface area contributed by atoms with E-state index in [1.165, 1.54) is 23.8 Å². The van der Waals surface area contributed by atoms with Gasteiger partial charge in [0.1, 0.15) is 53.2 Å². The molecule has 0 amide bonds. The molecule has 1 aliphatic heterocycles. The molecule has 0 spiro atoms. The second-order valence-electron chi connectivity index (χ2n) is 14.0. The first-order valence-corrected chi connectivity index (χ1v) is 18.9. The molecule has 58 heavy (non-hydrogen) atoms. The Bertz CT molecular complexity index is 2240. The minimum atomic E-state index is -1.22. The number of aromatic nitrogens is 4. The van der Waals surface area contributed by atoms with Gasteiger partial charge in [0.2, 0.25) is 0 Å². The molecule has 306 valence electrons. The van der Waals surface area contributed by atoms with Crippen molar-refractivity contribution in [1.29, 1.82) is 0 Å². The molecule has 0 aliphatic carbocycles. The first kappa shape index (κ1) is 41.9. The van der Waals surface area contributed by atoms with Crippen LogP contribution in [0.2, 0.25) is 0 Å². The largest absolute Gasteiger partial charge is 0.497 e. The van der Waals surface area contributed by atoms with Crippen molar-refractivity contribution >= 4 is 17.0 Å². The number of aryl methyl sites for hydroxylation is 2. The Morgan fingerprint density at radius 1 is 0.707 bits per heavy atom. The second kappa shape index (κ2) is 19.1. The number of nitrogens with zero attached hydrogens (tertiary/aromatic N) is 4. The highest BCUT2D eigenvalue weighted by Gasteiger charge is 2.44. The van der Waals surface area contributed by atoms with Crippen molar-refractivity contribution in [2.45, 2.75) is 50.2 Å². The van der Waals surface area contributed by atoms with E-state index in [9.17, 15) is 10.2 Å². The van der Waals surface area contributed by atoms with Crippen LogP contribution in [0.1, 0.15) is 51.4 Å². The highest BCUT2D eigenvalue weighted by molar-refractivity contribution is 5.81. The lowest BCUT2D eigenvalue weighted by molar-refractivity contribution is -0.0661. The molecule has 1 fully saturated rings. The summed E-state index contributed by atoms with van der Waals surface area (Å²) >= 11 is 0. The van der Waals surface area contributed by atoms with E-state index < -0.39 is 24.5 Å². The van der Waals surface area contributed by atoms with E-state index >= 15 is 0 Å². The zero-order valence-electron chi connectivity index (χ0n) is 33.6. The minimum Gasteiger partial charge on any atom is -0.497 e. The van der Waals surface area contributed by atoms with Crippen LogP contribution in [0.3, 0.4) is 0 Å². The van der Waals surface area contributed by atoms with E-state index in [0.29, 0.717) is 35.8 Å². The molecule has 4 aromatic carbocycles. The first-order chi connectivity index (χ1) is 28.1. The van der Waals surface area contributed by atoms with Gasteiger partial charge in [-0.1, -0.05) is 48.5 Å². The van der Waals surface area contributed by atoms with E-state index in [-0.39, 0.29) is 24.3 Å². The molecule has 0 bridgehead atoms. The van der Waals surface area contributed by atoms with E-state index in [0.717, 1.165) is 33.8 Å². The molecule has 3 heterocycles. The maximum absolute atomic E-state index is 10.8. The predicted molar refractivity (Wildman–Crippen MR) is 221 cm³/mol. The lowest BCUT2D eigenvalue weighted by Gasteiger charge is -2.23. The lowest BCUT2D eigenvalue weighted by atomic mass is 9.88. The molecule has 14 heteroatoms. The quantitative estimate of drug-likeness (QED) is 0.111. The third-order valence-corrected chi connectivity index (χ3v) is 10.5. The van der Waals surface area contributed by atoms with Gasteiger partial charge in [-0.05, 0) is 71.5 Å². The van der Waals surface area contributed by atoms with Crippen LogP contribution in [0.25, 0.3) is 11.2 Å². The summed E-state index contributed by atoms with van der Waals surface area (Å²) in [5.74, 6) is 3.14. The number of hydrogen-bond donors (Lipinski definition) is 4. The molecule has 1 aliphatic rings. The average molecular weight is 793 g/mol. The fourth-order valence-corrected chi connectivity index (χ4v) is 7.28. The van der Waals surface area contributed by atoms with Gasteiger partial charge in [-0.25, -0.2) is 15.0 Å². The lowest BCUT2D eigenvalue weighted by Crippen LogP contribution is -2.34. The van der Waals surface area contributed by atoms with Gasteiger partial charge in [-0.15, -0.1) is 0 Å². The van der Waals surface area contributed by atoms with Gasteiger partial charge in [-0.2, -0.15) is 0 Å². The molecular formula is C44H52N6O8. The summed E-state index contributed by atoms with van der Waals surface area (Å²) in [6.45, 7) is 5.06. The van der Waals surface area contributed by atoms with Crippen molar-refractivity contribution < 1.29 is 38.6 Å². The van der Waals surface area contributed by atoms with Gasteiger partial charge in [-0.3, -0.25) is 4.57 Å². The smallest absolute Gasteiger partial charge is 0.167 e. The van der Waals surface area contributed by atoms with Crippen LogP contribution in [0.15, 0.2) is 97.6 Å². The van der Waals surface area contributed by atoms with Gasteiger partial charge in [0.25, 0.3) is 0 Å². The highest BCUT2D eigenvalue weighted by Crippen LogP contribution is 2.36. The molecular weight excluding hydrogens is 741 g/mol. The van der Waals surface area contributed by atoms with Crippen molar-refractivity contribution in [1.82, 2.24) is 19.5 Å². The fraction of sp³-hybridized carbons (Fsp3) is 0.341. The summed E-state index contributed by atoms with van der Waals surface area (Å²) in [6, 6.07) is 28.1. The molecule has 6 N–H and O–H groups in total. The Balaban J connectivity index is 0.000000239. The van der Waals surface area contributed by atoms with Crippen LogP contribution in [0.4, 0.5) is 5.82 Å². The summed E-state index contributed by atoms with van der Waals surface area (Å²) in [4.78, 5) is 12.4. The Morgan fingerprint density at radius 2 is 1.22 bits per heavy atom. The summed E-state index contributed by atoms with van der Waals surface area (Å²) in [7, 11) is 6.54. The van der Waals surface area contributed by atoms with Crippen LogP contribution in [0.5, 0.6) is 23.0 Å². The number of rotatable bonds is 14. The maximum atomic E-state index is 10.8. The number of nitrogens with two attached hydrogens (primary N) is 2. The van der Waals surface area contributed by atoms with Gasteiger partial charge >= 0.3 is 0 Å². The summed E-state index contributed by atoms with van der Waals surface area (Å²) in [5, 5.41) is 21.5. The average Bonchev–Trinajstić information content (AvgIpc) is 3.80. The Kier molecular flexibility index (Phi) is 13.8. The first-order valence-electron chi connectivity index (χ1n) is 18.9. The second-order valence-corrected chi connectivity index (χ2v) is 14.0. The molecule has 6 aromatic rings. The van der Waals surface area contributed by atoms with E-state index in [1.807, 2.05) is 60.7 Å². The number of fused-ring (bicyclic) bond motifs is 1. The molecule has 14 nitrogen and oxygen atoms in total. The number of nitrogen functional groups attached to an aromatic ring is 1. The van der Waals surface area contributed by atoms with E-state index in [2.05, 4.69) is 53.1 Å². The summed E-state index contributed by atoms with van der Waals surface area (Å²) in [5.41, 5.74) is 19.4. The number of aliphatic hydroxyl groups is 2. The molecule has 2 unspecified atom stereocenters. The third-order valence-electron chi connectivity index (χ3n) is 10.5. The Morgan fingerprint density at radius 3 is 1.74 bits per heavy atom. The van der Waals surface area contributed by atoms with Gasteiger partial charge in [0, 0.05) is 30.5 Å². The topological polar surface area (TPSA) is 191 Å². The highest BCUT2D eigenvalue weighted by atomic mass is 16.6. The molecule has 7 rings (SSSR count). The maximum Gasteiger partial charge on any atom is 0.167 e. The van der Waals surface area contributed by atoms with Crippen molar-refractivity contribution in [2.75, 3.05) is 53.9 Å². The predicted octanol–water partition coefficient (Wildman–Crippen LogP) is 5.30. The normalized spacial score (nSPS) is 18.6. The molecule has 1 saturated heterocycles. The van der Waals surface area contributed by atoms with Gasteiger partial charge in [0.15, 0.2) is 17.7 Å². The number of ether oxygens (including phenoxy) is 6. The van der Waals surface area contributed by atoms with Crippen LogP contribution >= 0.6 is 0 Å². The van der Waals surface area contributed by atoms with Crippen molar-refractivity contribution in [3.8, 4) is 23.0 Å². The van der Waals surface area contributed by atoms with Gasteiger partial charge in [0.05, 0.1) is 48.0 Å². The van der Waals surface area contributed by atoms with Crippen LogP contribution in [-0.2, 0) is 9.47 Å². The standard InChI is InChI=1S/C27H31N5O6.C17H21NO2/c1-15-6-4-5-7-19(15)20(16-8-17(35-2)10-18(9-16)36-3)11-37-12-21-23(33)24(34)27(38-21)32-14-31-22-25(28)29-13-30-26(22)32;1-12-6-4-5-7-16(12)17(11-18)13-8-14(19-2)10-15(9-13)20-3/h4-10,13-14,20-21,23-24,27,33-34H,11-12H2,1-3H3,(H2,28,29,30);4-10,17H,11,18H2,1-3H3/t20?,21-,23-,24-,27-;/m1./s1. The van der Waals surface area contributed by atoms with E-state index in [4.69, 9.17) is 39.9 Å². The Hall–Kier alpha value is -5.77. The number of imidazole rings is 1. The molecule has 6 atom stereocenters. The Labute approximate surface area is 338 Å². The SMILES string of the molecule is COc1cc(OC)cc(C(CN)c2ccccc2C)c1.COc1cc(OC)cc(C(COC[C@H]2O[C@@H](n3cnc4c(N)ncnc43)[C@H](O)[C@@H]2O)c2ccccc2C)c1. The zero-order chi connectivity index (χ0) is 41.3. The number of methoxy groups -OCH3 is 4. The summed E-state index contributed by atoms with van der Waals surface area (Å²) < 4.78 is 35.3. The van der Waals surface area contributed by atoms with E-state index in [1.54, 1.807) is 33.0 Å². The van der Waals surface area contributed by atoms with Gasteiger partial charge < -0.3 is 50.1 Å².